The van der Waals surface area contributed by atoms with Gasteiger partial charge in [-0.1, -0.05) is 37.1 Å². The van der Waals surface area contributed by atoms with E-state index < -0.39 is 5.97 Å². The molecule has 0 saturated carbocycles. The topological polar surface area (TPSA) is 96.2 Å². The second kappa shape index (κ2) is 9.92. The van der Waals surface area contributed by atoms with Gasteiger partial charge in [-0.25, -0.2) is 9.79 Å². The van der Waals surface area contributed by atoms with Gasteiger partial charge in [0, 0.05) is 22.4 Å². The van der Waals surface area contributed by atoms with Gasteiger partial charge in [0.25, 0.3) is 0 Å². The summed E-state index contributed by atoms with van der Waals surface area (Å²) in [5.41, 5.74) is 0.689. The van der Waals surface area contributed by atoms with Gasteiger partial charge in [-0.05, 0) is 47.4 Å². The number of ketones is 1. The first-order valence-corrected chi connectivity index (χ1v) is 10.6. The Hall–Kier alpha value is -3.62. The molecule has 0 saturated heterocycles. The van der Waals surface area contributed by atoms with E-state index in [-0.39, 0.29) is 16.6 Å². The normalized spacial score (nSPS) is 11.5. The number of nitrogens with zero attached hydrogens (tertiary/aromatic N) is 1. The fourth-order valence-electron chi connectivity index (χ4n) is 2.65. The van der Waals surface area contributed by atoms with Gasteiger partial charge in [0.15, 0.2) is 5.75 Å². The summed E-state index contributed by atoms with van der Waals surface area (Å²) in [6.07, 6.45) is 3.80. The predicted octanol–water partition coefficient (Wildman–Crippen LogP) is 6.10. The molecule has 1 aromatic heterocycles. The summed E-state index contributed by atoms with van der Waals surface area (Å²) in [6.45, 7) is 7.18. The zero-order chi connectivity index (χ0) is 22.4. The van der Waals surface area contributed by atoms with E-state index in [0.717, 1.165) is 17.8 Å². The quantitative estimate of drug-likeness (QED) is 0.186. The Labute approximate surface area is 186 Å². The highest BCUT2D eigenvalue weighted by molar-refractivity contribution is 8.18. The zero-order valence-corrected chi connectivity index (χ0v) is 17.8. The maximum absolute atomic E-state index is 13.1. The lowest BCUT2D eigenvalue weighted by Crippen LogP contribution is -2.09. The average Bonchev–Trinajstić information content (AvgIpc) is 3.09. The number of Topliss-reactive ketones (excluding diaryl/α,β-unsaturated/α-hetero) is 1. The zero-order valence-electron chi connectivity index (χ0n) is 16.1. The van der Waals surface area contributed by atoms with Crippen LogP contribution in [0.3, 0.4) is 0 Å². The molecule has 0 aliphatic rings. The fourth-order valence-corrected chi connectivity index (χ4v) is 4.32. The van der Waals surface area contributed by atoms with Gasteiger partial charge in [0.05, 0.1) is 0 Å². The van der Waals surface area contributed by atoms with Gasteiger partial charge in [0.1, 0.15) is 21.4 Å². The van der Waals surface area contributed by atoms with Crippen molar-refractivity contribution in [2.24, 2.45) is 4.99 Å². The number of phenols is 1. The lowest BCUT2D eigenvalue weighted by atomic mass is 10.2. The lowest BCUT2D eigenvalue weighted by Gasteiger charge is -2.08. The summed E-state index contributed by atoms with van der Waals surface area (Å²) >= 11 is 2.27. The van der Waals surface area contributed by atoms with Crippen molar-refractivity contribution < 1.29 is 24.5 Å². The number of thioether (sulfide) groups is 1. The lowest BCUT2D eigenvalue weighted by molar-refractivity contribution is -0.131. The number of aliphatic carboxylic acids is 1. The highest BCUT2D eigenvalue weighted by Crippen LogP contribution is 2.42. The SMILES string of the molecule is C=C/N=C(\SC=C)C(=O)c1sc2cc(O)ccc2c1Oc1ccc(/C=C/C(=O)O)cc1. The molecule has 8 heteroatoms. The monoisotopic (exact) mass is 451 g/mol. The standard InChI is InChI=1S/C23H17NO5S2/c1-3-24-23(30-4-2)20(28)22-21(17-11-8-15(25)13-18(17)31-22)29-16-9-5-14(6-10-16)7-12-19(26)27/h3-13,25H,1-2H2,(H,26,27)/b12-7+,24-23-. The molecule has 0 atom stereocenters. The molecule has 2 N–H and O–H groups in total. The molecule has 6 nitrogen and oxygen atoms in total. The molecule has 0 radical (unpaired) electrons. The average molecular weight is 452 g/mol. The number of benzene rings is 2. The minimum Gasteiger partial charge on any atom is -0.508 e. The van der Waals surface area contributed by atoms with Gasteiger partial charge in [-0.15, -0.1) is 11.3 Å². The first-order valence-electron chi connectivity index (χ1n) is 8.88. The number of hydrogen-bond donors (Lipinski definition) is 2. The van der Waals surface area contributed by atoms with Crippen molar-refractivity contribution in [2.75, 3.05) is 0 Å². The number of carboxylic acid groups (broad SMARTS) is 1. The number of carbonyl (C=O) groups is 2. The van der Waals surface area contributed by atoms with Crippen molar-refractivity contribution in [3.8, 4) is 17.2 Å². The Morgan fingerprint density at radius 1 is 1.13 bits per heavy atom. The van der Waals surface area contributed by atoms with E-state index in [0.29, 0.717) is 32.0 Å². The van der Waals surface area contributed by atoms with Crippen LogP contribution in [0.1, 0.15) is 15.2 Å². The number of carbonyl (C=O) groups excluding carboxylic acids is 1. The summed E-state index contributed by atoms with van der Waals surface area (Å²) in [6, 6.07) is 11.5. The fraction of sp³-hybridized carbons (Fsp3) is 0. The molecular weight excluding hydrogens is 434 g/mol. The number of hydrogen-bond acceptors (Lipinski definition) is 7. The Morgan fingerprint density at radius 2 is 1.87 bits per heavy atom. The van der Waals surface area contributed by atoms with Crippen molar-refractivity contribution in [3.05, 3.63) is 83.7 Å². The Bertz CT molecular complexity index is 1220. The molecule has 1 heterocycles. The van der Waals surface area contributed by atoms with Gasteiger partial charge < -0.3 is 14.9 Å². The summed E-state index contributed by atoms with van der Waals surface area (Å²) in [7, 11) is 0. The van der Waals surface area contributed by atoms with E-state index in [2.05, 4.69) is 18.2 Å². The van der Waals surface area contributed by atoms with Crippen molar-refractivity contribution in [1.82, 2.24) is 0 Å². The van der Waals surface area contributed by atoms with E-state index in [9.17, 15) is 14.7 Å². The molecule has 0 fully saturated rings. The molecule has 31 heavy (non-hydrogen) atoms. The molecule has 0 bridgehead atoms. The third kappa shape index (κ3) is 5.30. The summed E-state index contributed by atoms with van der Waals surface area (Å²) in [4.78, 5) is 28.2. The summed E-state index contributed by atoms with van der Waals surface area (Å²) < 4.78 is 6.74. The molecule has 0 spiro atoms. The number of thiophene rings is 1. The van der Waals surface area contributed by atoms with Gasteiger partial charge >= 0.3 is 5.97 Å². The van der Waals surface area contributed by atoms with E-state index in [4.69, 9.17) is 9.84 Å². The number of aliphatic imine (C=N–C) groups is 1. The highest BCUT2D eigenvalue weighted by atomic mass is 32.2. The number of carboxylic acids is 1. The van der Waals surface area contributed by atoms with Crippen LogP contribution < -0.4 is 4.74 Å². The van der Waals surface area contributed by atoms with Gasteiger partial charge in [-0.2, -0.15) is 0 Å². The van der Waals surface area contributed by atoms with Crippen LogP contribution in [0.5, 0.6) is 17.2 Å². The smallest absolute Gasteiger partial charge is 0.328 e. The van der Waals surface area contributed by atoms with Crippen LogP contribution in [0.2, 0.25) is 0 Å². The number of fused-ring (bicyclic) bond motifs is 1. The van der Waals surface area contributed by atoms with Gasteiger partial charge in [0.2, 0.25) is 5.78 Å². The van der Waals surface area contributed by atoms with Crippen molar-refractivity contribution >= 4 is 56.1 Å². The third-order valence-electron chi connectivity index (χ3n) is 3.95. The minimum atomic E-state index is -1.04. The van der Waals surface area contributed by atoms with Crippen molar-refractivity contribution in [1.29, 1.82) is 0 Å². The predicted molar refractivity (Wildman–Crippen MR) is 126 cm³/mol. The van der Waals surface area contributed by atoms with Crippen LogP contribution >= 0.6 is 23.1 Å². The Balaban J connectivity index is 2.04. The van der Waals surface area contributed by atoms with Crippen LogP contribution in [-0.4, -0.2) is 27.0 Å². The molecule has 0 aliphatic carbocycles. The van der Waals surface area contributed by atoms with E-state index in [1.54, 1.807) is 36.4 Å². The highest BCUT2D eigenvalue weighted by Gasteiger charge is 2.24. The largest absolute Gasteiger partial charge is 0.508 e. The molecule has 0 unspecified atom stereocenters. The summed E-state index contributed by atoms with van der Waals surface area (Å²) in [5, 5.41) is 20.9. The second-order valence-electron chi connectivity index (χ2n) is 6.01. The van der Waals surface area contributed by atoms with Crippen molar-refractivity contribution in [3.63, 3.8) is 0 Å². The molecule has 156 valence electrons. The first kappa shape index (κ1) is 22.1. The van der Waals surface area contributed by atoms with E-state index in [1.165, 1.54) is 35.1 Å². The molecule has 2 aromatic carbocycles. The van der Waals surface area contributed by atoms with Crippen LogP contribution in [0, 0.1) is 0 Å². The molecule has 0 aliphatic heterocycles. The van der Waals surface area contributed by atoms with Crippen LogP contribution in [0.15, 0.2) is 78.3 Å². The molecule has 3 aromatic rings. The van der Waals surface area contributed by atoms with Crippen LogP contribution in [0.4, 0.5) is 0 Å². The molecular formula is C23H17NO5S2. The van der Waals surface area contributed by atoms with Crippen LogP contribution in [-0.2, 0) is 4.79 Å². The maximum atomic E-state index is 13.1. The maximum Gasteiger partial charge on any atom is 0.328 e. The minimum absolute atomic E-state index is 0.0781. The van der Waals surface area contributed by atoms with Crippen molar-refractivity contribution in [2.45, 2.75) is 0 Å². The Kier molecular flexibility index (Phi) is 7.07. The number of rotatable bonds is 8. The number of phenolic OH excluding ortho intramolecular Hbond substituents is 1. The van der Waals surface area contributed by atoms with Crippen LogP contribution in [0.25, 0.3) is 16.2 Å². The van der Waals surface area contributed by atoms with E-state index >= 15 is 0 Å². The van der Waals surface area contributed by atoms with E-state index in [1.807, 2.05) is 0 Å². The molecule has 0 amide bonds. The first-order chi connectivity index (χ1) is 14.9. The van der Waals surface area contributed by atoms with Gasteiger partial charge in [-0.3, -0.25) is 4.79 Å². The molecule has 3 rings (SSSR count). The third-order valence-corrected chi connectivity index (χ3v) is 5.76. The number of aromatic hydroxyl groups is 1. The second-order valence-corrected chi connectivity index (χ2v) is 8.02. The summed E-state index contributed by atoms with van der Waals surface area (Å²) in [5.74, 6) is -0.491. The Morgan fingerprint density at radius 3 is 2.52 bits per heavy atom. The number of ether oxygens (including phenoxy) is 1.